The van der Waals surface area contributed by atoms with Crippen LogP contribution in [0.4, 0.5) is 0 Å². The summed E-state index contributed by atoms with van der Waals surface area (Å²) in [6.45, 7) is 9.31. The fourth-order valence-corrected chi connectivity index (χ4v) is 6.59. The molecule has 1 unspecified atom stereocenters. The van der Waals surface area contributed by atoms with Gasteiger partial charge >= 0.3 is 0 Å². The van der Waals surface area contributed by atoms with Crippen LogP contribution in [0.15, 0.2) is 42.6 Å². The maximum absolute atomic E-state index is 10.9. The van der Waals surface area contributed by atoms with Gasteiger partial charge in [0.2, 0.25) is 0 Å². The number of hydrogen-bond acceptors (Lipinski definition) is 6. The first-order chi connectivity index (χ1) is 15.9. The highest BCUT2D eigenvalue weighted by Crippen LogP contribution is 2.46. The molecule has 0 radical (unpaired) electrons. The number of benzene rings is 1. The van der Waals surface area contributed by atoms with E-state index >= 15 is 0 Å². The third-order valence-electron chi connectivity index (χ3n) is 7.27. The van der Waals surface area contributed by atoms with Gasteiger partial charge in [0.05, 0.1) is 24.4 Å². The molecule has 4 heterocycles. The van der Waals surface area contributed by atoms with Crippen LogP contribution < -0.4 is 0 Å². The second-order valence-corrected chi connectivity index (χ2v) is 11.0. The smallest absolute Gasteiger partial charge is 0.106 e. The molecule has 176 valence electrons. The highest BCUT2D eigenvalue weighted by molar-refractivity contribution is 7.12. The lowest BCUT2D eigenvalue weighted by Crippen LogP contribution is -2.50. The third kappa shape index (κ3) is 4.52. The minimum atomic E-state index is -0.995. The molecule has 7 heteroatoms. The topological polar surface area (TPSA) is 63.4 Å². The van der Waals surface area contributed by atoms with E-state index in [2.05, 4.69) is 35.1 Å². The molecule has 1 N–H and O–H groups in total. The summed E-state index contributed by atoms with van der Waals surface area (Å²) in [6, 6.07) is 12.5. The van der Waals surface area contributed by atoms with Gasteiger partial charge < -0.3 is 9.84 Å². The van der Waals surface area contributed by atoms with E-state index in [0.717, 1.165) is 56.6 Å². The van der Waals surface area contributed by atoms with Crippen molar-refractivity contribution in [2.24, 2.45) is 0 Å². The van der Waals surface area contributed by atoms with Gasteiger partial charge in [-0.05, 0) is 50.3 Å². The molecule has 2 aromatic heterocycles. The number of piperidine rings is 1. The van der Waals surface area contributed by atoms with Crippen LogP contribution in [-0.2, 0) is 41.9 Å². The molecule has 3 aromatic rings. The van der Waals surface area contributed by atoms with Crippen molar-refractivity contribution in [1.82, 2.24) is 19.9 Å². The molecule has 0 bridgehead atoms. The van der Waals surface area contributed by atoms with Crippen molar-refractivity contribution in [3.63, 3.8) is 0 Å². The van der Waals surface area contributed by atoms with Gasteiger partial charge in [0, 0.05) is 41.5 Å². The molecule has 0 aliphatic carbocycles. The number of aromatic nitrogens is 3. The van der Waals surface area contributed by atoms with Crippen LogP contribution in [0, 0.1) is 0 Å². The molecule has 1 aromatic carbocycles. The molecular formula is C26H34N4O2S. The molecule has 1 fully saturated rings. The van der Waals surface area contributed by atoms with Crippen LogP contribution >= 0.6 is 11.3 Å². The number of thiophene rings is 1. The quantitative estimate of drug-likeness (QED) is 0.588. The summed E-state index contributed by atoms with van der Waals surface area (Å²) in [5.41, 5.74) is 2.15. The lowest BCUT2D eigenvalue weighted by molar-refractivity contribution is -0.112. The van der Waals surface area contributed by atoms with Crippen LogP contribution in [0.3, 0.4) is 0 Å². The van der Waals surface area contributed by atoms with Crippen LogP contribution in [0.2, 0.25) is 0 Å². The third-order valence-corrected chi connectivity index (χ3v) is 8.61. The summed E-state index contributed by atoms with van der Waals surface area (Å²) in [6.07, 6.45) is 6.14. The number of nitrogens with zero attached hydrogens (tertiary/aromatic N) is 4. The Bertz CT molecular complexity index is 1090. The van der Waals surface area contributed by atoms with Crippen molar-refractivity contribution >= 4 is 11.3 Å². The Morgan fingerprint density at radius 2 is 2.12 bits per heavy atom. The van der Waals surface area contributed by atoms with E-state index in [9.17, 15) is 5.11 Å². The minimum Gasteiger partial charge on any atom is -0.384 e. The SMILES string of the molecule is CCc1cc2c(s1)CCO[C@@]21CCN(Cc2cn(CC(C)(O)c3ccccc3)nn2)[C@@H](C)C1. The molecule has 0 saturated carbocycles. The first-order valence-corrected chi connectivity index (χ1v) is 12.9. The molecule has 1 spiro atoms. The normalized spacial score (nSPS) is 25.2. The first-order valence-electron chi connectivity index (χ1n) is 12.1. The highest BCUT2D eigenvalue weighted by atomic mass is 32.1. The number of aliphatic hydroxyl groups is 1. The van der Waals surface area contributed by atoms with Crippen LogP contribution in [0.25, 0.3) is 0 Å². The zero-order chi connectivity index (χ0) is 23.1. The van der Waals surface area contributed by atoms with Crippen molar-refractivity contribution in [3.8, 4) is 0 Å². The van der Waals surface area contributed by atoms with Gasteiger partial charge in [0.15, 0.2) is 0 Å². The number of hydrogen-bond donors (Lipinski definition) is 1. The van der Waals surface area contributed by atoms with E-state index < -0.39 is 5.60 Å². The fraction of sp³-hybridized carbons (Fsp3) is 0.538. The Labute approximate surface area is 200 Å². The zero-order valence-electron chi connectivity index (χ0n) is 19.8. The van der Waals surface area contributed by atoms with E-state index in [1.54, 1.807) is 4.68 Å². The van der Waals surface area contributed by atoms with E-state index in [4.69, 9.17) is 4.74 Å². The Kier molecular flexibility index (Phi) is 6.16. The van der Waals surface area contributed by atoms with Crippen molar-refractivity contribution in [2.45, 2.75) is 76.8 Å². The predicted octanol–water partition coefficient (Wildman–Crippen LogP) is 4.26. The van der Waals surface area contributed by atoms with Gasteiger partial charge in [-0.15, -0.1) is 16.4 Å². The van der Waals surface area contributed by atoms with Crippen LogP contribution in [0.5, 0.6) is 0 Å². The van der Waals surface area contributed by atoms with Crippen molar-refractivity contribution < 1.29 is 9.84 Å². The number of rotatable bonds is 6. The molecule has 6 nitrogen and oxygen atoms in total. The van der Waals surface area contributed by atoms with Gasteiger partial charge in [-0.2, -0.15) is 0 Å². The number of ether oxygens (including phenoxy) is 1. The predicted molar refractivity (Wildman–Crippen MR) is 130 cm³/mol. The zero-order valence-corrected chi connectivity index (χ0v) is 20.6. The summed E-state index contributed by atoms with van der Waals surface area (Å²) < 4.78 is 8.24. The monoisotopic (exact) mass is 466 g/mol. The Morgan fingerprint density at radius 3 is 2.88 bits per heavy atom. The van der Waals surface area contributed by atoms with E-state index in [1.165, 1.54) is 15.3 Å². The van der Waals surface area contributed by atoms with E-state index in [0.29, 0.717) is 12.6 Å². The largest absolute Gasteiger partial charge is 0.384 e. The van der Waals surface area contributed by atoms with Gasteiger partial charge in [0.25, 0.3) is 0 Å². The lowest BCUT2D eigenvalue weighted by Gasteiger charge is -2.47. The van der Waals surface area contributed by atoms with Crippen LogP contribution in [0.1, 0.15) is 60.2 Å². The molecule has 2 aliphatic rings. The molecule has 1 saturated heterocycles. The molecule has 33 heavy (non-hydrogen) atoms. The van der Waals surface area contributed by atoms with Crippen LogP contribution in [-0.4, -0.2) is 44.2 Å². The standard InChI is InChI=1S/C26H34N4O2S/c1-4-22-14-23-24(33-22)10-13-32-26(23)11-12-29(19(2)15-26)16-21-17-30(28-27-21)18-25(3,31)20-8-6-5-7-9-20/h5-9,14,17,19,31H,4,10-13,15-16,18H2,1-3H3/t19-,25?,26+/m0/s1. The maximum Gasteiger partial charge on any atom is 0.106 e. The average Bonchev–Trinajstić information content (AvgIpc) is 3.43. The van der Waals surface area contributed by atoms with Gasteiger partial charge in [-0.3, -0.25) is 4.90 Å². The second kappa shape index (κ2) is 8.95. The summed E-state index contributed by atoms with van der Waals surface area (Å²) in [7, 11) is 0. The number of fused-ring (bicyclic) bond motifs is 2. The lowest BCUT2D eigenvalue weighted by atomic mass is 9.79. The Hall–Kier alpha value is -2.06. The highest BCUT2D eigenvalue weighted by Gasteiger charge is 2.44. The number of likely N-dealkylation sites (tertiary alicyclic amines) is 1. The fourth-order valence-electron chi connectivity index (χ4n) is 5.41. The summed E-state index contributed by atoms with van der Waals surface area (Å²) in [4.78, 5) is 5.50. The first kappa shape index (κ1) is 22.7. The summed E-state index contributed by atoms with van der Waals surface area (Å²) in [5, 5.41) is 19.6. The molecular weight excluding hydrogens is 432 g/mol. The van der Waals surface area contributed by atoms with Gasteiger partial charge in [0.1, 0.15) is 5.60 Å². The van der Waals surface area contributed by atoms with Crippen molar-refractivity contribution in [2.75, 3.05) is 13.2 Å². The number of aryl methyl sites for hydroxylation is 1. The van der Waals surface area contributed by atoms with E-state index in [1.807, 2.05) is 54.8 Å². The average molecular weight is 467 g/mol. The Balaban J connectivity index is 1.25. The summed E-state index contributed by atoms with van der Waals surface area (Å²) in [5.74, 6) is 0. The van der Waals surface area contributed by atoms with E-state index in [-0.39, 0.29) is 5.60 Å². The van der Waals surface area contributed by atoms with Gasteiger partial charge in [-0.1, -0.05) is 42.5 Å². The van der Waals surface area contributed by atoms with Crippen molar-refractivity contribution in [1.29, 1.82) is 0 Å². The minimum absolute atomic E-state index is 0.126. The molecule has 3 atom stereocenters. The molecule has 0 amide bonds. The Morgan fingerprint density at radius 1 is 1.30 bits per heavy atom. The van der Waals surface area contributed by atoms with Gasteiger partial charge in [-0.25, -0.2) is 4.68 Å². The summed E-state index contributed by atoms with van der Waals surface area (Å²) >= 11 is 1.98. The molecule has 5 rings (SSSR count). The van der Waals surface area contributed by atoms with Crippen molar-refractivity contribution in [3.05, 3.63) is 69.2 Å². The second-order valence-electron chi connectivity index (χ2n) is 9.82. The maximum atomic E-state index is 10.9. The molecule has 2 aliphatic heterocycles.